The lowest BCUT2D eigenvalue weighted by Gasteiger charge is -2.04. The lowest BCUT2D eigenvalue weighted by atomic mass is 10.1. The quantitative estimate of drug-likeness (QED) is 0.493. The first-order chi connectivity index (χ1) is 6.74. The summed E-state index contributed by atoms with van der Waals surface area (Å²) in [5, 5.41) is 5.21. The molecule has 3 heteroatoms. The molecular weight excluding hydrogens is 176 g/mol. The molecule has 0 aliphatic rings. The molecule has 0 unspecified atom stereocenters. The number of hydrogen-bond acceptors (Lipinski definition) is 1. The molecule has 0 fully saturated rings. The van der Waals surface area contributed by atoms with Crippen LogP contribution in [0.1, 0.15) is 12.8 Å². The third-order valence-corrected chi connectivity index (χ3v) is 1.75. The van der Waals surface area contributed by atoms with Gasteiger partial charge in [0.2, 0.25) is 0 Å². The third-order valence-electron chi connectivity index (χ3n) is 1.75. The monoisotopic (exact) mass is 194 g/mol. The average molecular weight is 194 g/mol. The van der Waals surface area contributed by atoms with Gasteiger partial charge in [-0.05, 0) is 18.4 Å². The normalized spacial score (nSPS) is 10.5. The summed E-state index contributed by atoms with van der Waals surface area (Å²) in [7, 11) is 1.60. The van der Waals surface area contributed by atoms with Crippen LogP contribution in [0.4, 0.5) is 4.79 Å². The van der Waals surface area contributed by atoms with Crippen molar-refractivity contribution in [3.63, 3.8) is 0 Å². The Labute approximate surface area is 85.6 Å². The number of rotatable bonds is 6. The molecule has 0 aliphatic carbocycles. The Morgan fingerprint density at radius 3 is 2.64 bits per heavy atom. The van der Waals surface area contributed by atoms with Gasteiger partial charge in [0.1, 0.15) is 0 Å². The fraction of sp³-hybridized carbons (Fsp3) is 0.364. The highest BCUT2D eigenvalue weighted by Crippen LogP contribution is 2.05. The Hall–Kier alpha value is -1.51. The van der Waals surface area contributed by atoms with Gasteiger partial charge >= 0.3 is 6.03 Å². The van der Waals surface area contributed by atoms with Crippen molar-refractivity contribution in [1.29, 1.82) is 0 Å². The number of urea groups is 1. The molecule has 0 atom stereocenters. The summed E-state index contributed by atoms with van der Waals surface area (Å²) in [5.41, 5.74) is 1.14. The van der Waals surface area contributed by atoms with Crippen LogP contribution in [0, 0.1) is 0 Å². The van der Waals surface area contributed by atoms with Gasteiger partial charge in [-0.2, -0.15) is 0 Å². The molecule has 0 aromatic carbocycles. The predicted molar refractivity (Wildman–Crippen MR) is 60.2 cm³/mol. The molecular formula is C11H18N2O. The number of allylic oxidation sites excluding steroid dienone is 4. The minimum atomic E-state index is -0.141. The zero-order chi connectivity index (χ0) is 10.8. The minimum absolute atomic E-state index is 0.141. The van der Waals surface area contributed by atoms with Crippen molar-refractivity contribution in [2.24, 2.45) is 0 Å². The van der Waals surface area contributed by atoms with Gasteiger partial charge < -0.3 is 10.6 Å². The molecule has 78 valence electrons. The second kappa shape index (κ2) is 8.10. The van der Waals surface area contributed by atoms with E-state index in [0.717, 1.165) is 18.4 Å². The van der Waals surface area contributed by atoms with E-state index >= 15 is 0 Å². The molecule has 2 amide bonds. The van der Waals surface area contributed by atoms with Crippen molar-refractivity contribution in [2.75, 3.05) is 13.6 Å². The van der Waals surface area contributed by atoms with Gasteiger partial charge in [0.05, 0.1) is 0 Å². The fourth-order valence-electron chi connectivity index (χ4n) is 0.988. The van der Waals surface area contributed by atoms with Crippen LogP contribution in [0.2, 0.25) is 0 Å². The van der Waals surface area contributed by atoms with Crippen LogP contribution in [0.25, 0.3) is 0 Å². The molecule has 0 rings (SSSR count). The van der Waals surface area contributed by atoms with Crippen LogP contribution >= 0.6 is 0 Å². The van der Waals surface area contributed by atoms with E-state index in [4.69, 9.17) is 0 Å². The highest BCUT2D eigenvalue weighted by Gasteiger charge is 1.95. The summed E-state index contributed by atoms with van der Waals surface area (Å²) in [6, 6.07) is -0.141. The van der Waals surface area contributed by atoms with Crippen LogP contribution in [-0.4, -0.2) is 19.6 Å². The second-order valence-corrected chi connectivity index (χ2v) is 2.79. The molecule has 0 heterocycles. The first-order valence-electron chi connectivity index (χ1n) is 4.64. The zero-order valence-corrected chi connectivity index (χ0v) is 8.68. The molecule has 0 aromatic rings. The zero-order valence-electron chi connectivity index (χ0n) is 8.68. The molecule has 3 nitrogen and oxygen atoms in total. The number of hydrogen-bond donors (Lipinski definition) is 2. The van der Waals surface area contributed by atoms with Gasteiger partial charge in [-0.3, -0.25) is 0 Å². The molecule has 0 saturated carbocycles. The molecule has 0 aromatic heterocycles. The molecule has 2 N–H and O–H groups in total. The maximum Gasteiger partial charge on any atom is 0.314 e. The Kier molecular flexibility index (Phi) is 7.23. The van der Waals surface area contributed by atoms with Crippen LogP contribution in [0.5, 0.6) is 0 Å². The Bertz CT molecular complexity index is 231. The maximum atomic E-state index is 10.8. The molecule has 0 spiro atoms. The van der Waals surface area contributed by atoms with E-state index < -0.39 is 0 Å². The predicted octanol–water partition coefficient (Wildman–Crippen LogP) is 1.99. The van der Waals surface area contributed by atoms with Crippen LogP contribution in [0.15, 0.2) is 37.0 Å². The summed E-state index contributed by atoms with van der Waals surface area (Å²) in [6.07, 6.45) is 7.27. The molecule has 0 aliphatic heterocycles. The van der Waals surface area contributed by atoms with Crippen molar-refractivity contribution in [1.82, 2.24) is 10.6 Å². The van der Waals surface area contributed by atoms with Crippen LogP contribution in [-0.2, 0) is 0 Å². The van der Waals surface area contributed by atoms with Crippen molar-refractivity contribution < 1.29 is 4.79 Å². The van der Waals surface area contributed by atoms with Gasteiger partial charge in [-0.1, -0.05) is 31.4 Å². The van der Waals surface area contributed by atoms with Crippen molar-refractivity contribution in [3.05, 3.63) is 37.0 Å². The van der Waals surface area contributed by atoms with E-state index in [1.807, 2.05) is 12.2 Å². The number of amides is 2. The van der Waals surface area contributed by atoms with E-state index in [2.05, 4.69) is 23.8 Å². The molecule has 0 saturated heterocycles. The van der Waals surface area contributed by atoms with E-state index in [1.165, 1.54) is 0 Å². The lowest BCUT2D eigenvalue weighted by molar-refractivity contribution is 0.243. The van der Waals surface area contributed by atoms with Gasteiger partial charge in [-0.15, -0.1) is 0 Å². The average Bonchev–Trinajstić information content (AvgIpc) is 2.22. The fourth-order valence-corrected chi connectivity index (χ4v) is 0.988. The Morgan fingerprint density at radius 1 is 1.43 bits per heavy atom. The summed E-state index contributed by atoms with van der Waals surface area (Å²) in [4.78, 5) is 10.8. The summed E-state index contributed by atoms with van der Waals surface area (Å²) in [5.74, 6) is 0. The molecule has 0 radical (unpaired) electrons. The highest BCUT2D eigenvalue weighted by molar-refractivity contribution is 5.73. The first-order valence-corrected chi connectivity index (χ1v) is 4.64. The number of nitrogens with one attached hydrogen (secondary N) is 2. The van der Waals surface area contributed by atoms with Crippen molar-refractivity contribution in [3.8, 4) is 0 Å². The SMILES string of the molecule is C=C/C=C(\C=C)CCCNC(=O)NC. The molecule has 14 heavy (non-hydrogen) atoms. The van der Waals surface area contributed by atoms with E-state index in [9.17, 15) is 4.79 Å². The van der Waals surface area contributed by atoms with Gasteiger partial charge in [0, 0.05) is 13.6 Å². The summed E-state index contributed by atoms with van der Waals surface area (Å²) < 4.78 is 0. The Morgan fingerprint density at radius 2 is 2.14 bits per heavy atom. The minimum Gasteiger partial charge on any atom is -0.341 e. The third kappa shape index (κ3) is 6.06. The van der Waals surface area contributed by atoms with Gasteiger partial charge in [-0.25, -0.2) is 4.79 Å². The summed E-state index contributed by atoms with van der Waals surface area (Å²) >= 11 is 0. The standard InChI is InChI=1S/C11H18N2O/c1-4-7-10(5-2)8-6-9-13-11(14)12-3/h4-5,7H,1-2,6,8-9H2,3H3,(H2,12,13,14)/b10-7+. The van der Waals surface area contributed by atoms with Crippen LogP contribution in [0.3, 0.4) is 0 Å². The van der Waals surface area contributed by atoms with E-state index in [0.29, 0.717) is 6.54 Å². The van der Waals surface area contributed by atoms with Crippen molar-refractivity contribution in [2.45, 2.75) is 12.8 Å². The van der Waals surface area contributed by atoms with Gasteiger partial charge in [0.25, 0.3) is 0 Å². The second-order valence-electron chi connectivity index (χ2n) is 2.79. The topological polar surface area (TPSA) is 41.1 Å². The van der Waals surface area contributed by atoms with Crippen molar-refractivity contribution >= 4 is 6.03 Å². The number of carbonyl (C=O) groups is 1. The summed E-state index contributed by atoms with van der Waals surface area (Å²) in [6.45, 7) is 7.98. The van der Waals surface area contributed by atoms with E-state index in [-0.39, 0.29) is 6.03 Å². The van der Waals surface area contributed by atoms with Crippen LogP contribution < -0.4 is 10.6 Å². The first kappa shape index (κ1) is 12.5. The van der Waals surface area contributed by atoms with E-state index in [1.54, 1.807) is 13.1 Å². The largest absolute Gasteiger partial charge is 0.341 e. The maximum absolute atomic E-state index is 10.8. The highest BCUT2D eigenvalue weighted by atomic mass is 16.2. The Balaban J connectivity index is 3.62. The number of carbonyl (C=O) groups excluding carboxylic acids is 1. The smallest absolute Gasteiger partial charge is 0.314 e. The lowest BCUT2D eigenvalue weighted by Crippen LogP contribution is -2.33. The van der Waals surface area contributed by atoms with Gasteiger partial charge in [0.15, 0.2) is 0 Å². The molecule has 0 bridgehead atoms.